The summed E-state index contributed by atoms with van der Waals surface area (Å²) in [7, 11) is 1.64. The second kappa shape index (κ2) is 3.22. The number of aromatic nitrogens is 2. The summed E-state index contributed by atoms with van der Waals surface area (Å²) in [6.45, 7) is 0. The number of nitrogens with two attached hydrogens (primary N) is 2. The maximum atomic E-state index is 10.8. The van der Waals surface area contributed by atoms with Crippen LogP contribution in [-0.2, 0) is 22.4 Å². The van der Waals surface area contributed by atoms with Gasteiger partial charge in [-0.3, -0.25) is 5.73 Å². The molecule has 11 heavy (non-hydrogen) atoms. The summed E-state index contributed by atoms with van der Waals surface area (Å²) in [6, 6.07) is 0. The van der Waals surface area contributed by atoms with Gasteiger partial charge in [0.15, 0.2) is 0 Å². The Morgan fingerprint density at radius 2 is 2.45 bits per heavy atom. The number of nitrogens with zero attached hydrogens (tertiary/aromatic N) is 2. The van der Waals surface area contributed by atoms with Crippen molar-refractivity contribution in [1.29, 1.82) is 0 Å². The molecule has 0 bridgehead atoms. The molecule has 0 saturated heterocycles. The lowest BCUT2D eigenvalue weighted by atomic mass is 11.2. The van der Waals surface area contributed by atoms with E-state index in [4.69, 9.17) is 5.73 Å². The van der Waals surface area contributed by atoms with E-state index in [1.54, 1.807) is 7.05 Å². The molecule has 1 heterocycles. The van der Waals surface area contributed by atoms with E-state index < -0.39 is 11.1 Å². The van der Waals surface area contributed by atoms with Gasteiger partial charge in [-0.05, 0) is 11.3 Å². The van der Waals surface area contributed by atoms with Crippen molar-refractivity contribution in [3.05, 3.63) is 0 Å². The standard InChI is InChI=1S/C3H6N4O2S2/c1-7-2(4)10-3(6-7)11(8)9-5/h4H,5H2,1H3/p+1. The highest BCUT2D eigenvalue weighted by Crippen LogP contribution is 2.12. The van der Waals surface area contributed by atoms with E-state index in [0.717, 1.165) is 11.3 Å². The number of hydrogen-bond donors (Lipinski definition) is 2. The molecule has 1 aromatic rings. The van der Waals surface area contributed by atoms with E-state index in [1.165, 1.54) is 4.68 Å². The predicted molar refractivity (Wildman–Crippen MR) is 39.4 cm³/mol. The van der Waals surface area contributed by atoms with Crippen LogP contribution in [0.1, 0.15) is 0 Å². The summed E-state index contributed by atoms with van der Waals surface area (Å²) in [6.07, 6.45) is 0. The Morgan fingerprint density at radius 1 is 1.82 bits per heavy atom. The maximum Gasteiger partial charge on any atom is 0.354 e. The average molecular weight is 195 g/mol. The Hall–Kier alpha value is -0.570. The minimum Gasteiger partial charge on any atom is -0.276 e. The van der Waals surface area contributed by atoms with Crippen LogP contribution in [0.4, 0.5) is 5.13 Å². The molecule has 6 nitrogen and oxygen atoms in total. The lowest BCUT2D eigenvalue weighted by Gasteiger charge is -1.85. The van der Waals surface area contributed by atoms with E-state index in [2.05, 4.69) is 15.3 Å². The van der Waals surface area contributed by atoms with Gasteiger partial charge in [-0.1, -0.05) is 5.10 Å². The number of aryl methyl sites for hydroxylation is 1. The SMILES string of the molecule is C[n+]1nc(S(=O)ON)sc1N. The third kappa shape index (κ3) is 1.71. The number of anilines is 1. The molecule has 1 atom stereocenters. The zero-order chi connectivity index (χ0) is 8.43. The first-order chi connectivity index (χ1) is 5.15. The molecule has 0 saturated carbocycles. The Labute approximate surface area is 69.4 Å². The summed E-state index contributed by atoms with van der Waals surface area (Å²) >= 11 is -0.624. The minimum absolute atomic E-state index is 0.257. The van der Waals surface area contributed by atoms with Crippen molar-refractivity contribution >= 4 is 27.5 Å². The monoisotopic (exact) mass is 195 g/mol. The van der Waals surface area contributed by atoms with Gasteiger partial charge in [0, 0.05) is 0 Å². The van der Waals surface area contributed by atoms with Crippen molar-refractivity contribution in [3.63, 3.8) is 0 Å². The normalized spacial score (nSPS) is 13.3. The van der Waals surface area contributed by atoms with Crippen molar-refractivity contribution in [2.75, 3.05) is 5.73 Å². The average Bonchev–Trinajstić information content (AvgIpc) is 2.31. The van der Waals surface area contributed by atoms with E-state index in [0.29, 0.717) is 5.13 Å². The largest absolute Gasteiger partial charge is 0.354 e. The molecule has 0 fully saturated rings. The van der Waals surface area contributed by atoms with E-state index in [-0.39, 0.29) is 4.34 Å². The zero-order valence-corrected chi connectivity index (χ0v) is 7.32. The minimum atomic E-state index is -1.70. The molecule has 0 aliphatic rings. The second-order valence-electron chi connectivity index (χ2n) is 1.66. The number of hydrogen-bond acceptors (Lipinski definition) is 6. The molecular weight excluding hydrogens is 188 g/mol. The molecule has 0 aromatic carbocycles. The molecule has 1 unspecified atom stereocenters. The van der Waals surface area contributed by atoms with Crippen LogP contribution in [0.15, 0.2) is 4.34 Å². The molecule has 0 aliphatic carbocycles. The molecule has 4 N–H and O–H groups in total. The van der Waals surface area contributed by atoms with Crippen molar-refractivity contribution in [3.8, 4) is 0 Å². The van der Waals surface area contributed by atoms with Gasteiger partial charge in [-0.15, -0.1) is 4.68 Å². The lowest BCUT2D eigenvalue weighted by molar-refractivity contribution is -0.714. The van der Waals surface area contributed by atoms with Crippen LogP contribution >= 0.6 is 11.3 Å². The molecular formula is C3H7N4O2S2+. The van der Waals surface area contributed by atoms with Gasteiger partial charge in [-0.25, -0.2) is 4.21 Å². The topological polar surface area (TPSA) is 95.1 Å². The van der Waals surface area contributed by atoms with Crippen LogP contribution in [0.3, 0.4) is 0 Å². The van der Waals surface area contributed by atoms with Crippen LogP contribution in [0, 0.1) is 0 Å². The Bertz CT molecular complexity index is 265. The van der Waals surface area contributed by atoms with Crippen LogP contribution in [0.5, 0.6) is 0 Å². The van der Waals surface area contributed by atoms with Gasteiger partial charge in [-0.2, -0.15) is 10.2 Å². The highest BCUT2D eigenvalue weighted by molar-refractivity contribution is 7.82. The molecule has 8 heteroatoms. The number of rotatable bonds is 2. The Balaban J connectivity index is 2.97. The van der Waals surface area contributed by atoms with Crippen molar-refractivity contribution in [2.24, 2.45) is 12.9 Å². The van der Waals surface area contributed by atoms with Crippen LogP contribution < -0.4 is 16.3 Å². The van der Waals surface area contributed by atoms with Gasteiger partial charge < -0.3 is 0 Å². The third-order valence-electron chi connectivity index (χ3n) is 0.972. The summed E-state index contributed by atoms with van der Waals surface area (Å²) in [5.41, 5.74) is 5.42. The summed E-state index contributed by atoms with van der Waals surface area (Å²) in [5.74, 6) is 4.68. The second-order valence-corrected chi connectivity index (χ2v) is 3.98. The molecule has 0 spiro atoms. The van der Waals surface area contributed by atoms with Crippen LogP contribution in [0.25, 0.3) is 0 Å². The molecule has 0 amide bonds. The zero-order valence-electron chi connectivity index (χ0n) is 5.68. The Morgan fingerprint density at radius 3 is 2.82 bits per heavy atom. The fourth-order valence-corrected chi connectivity index (χ4v) is 1.89. The summed E-state index contributed by atoms with van der Waals surface area (Å²) in [5, 5.41) is 4.24. The molecule has 0 aliphatic heterocycles. The predicted octanol–water partition coefficient (Wildman–Crippen LogP) is -1.54. The molecule has 62 valence electrons. The van der Waals surface area contributed by atoms with Gasteiger partial charge in [0.05, 0.1) is 0 Å². The van der Waals surface area contributed by atoms with Crippen LogP contribution in [0.2, 0.25) is 0 Å². The summed E-state index contributed by atoms with van der Waals surface area (Å²) < 4.78 is 16.5. The highest BCUT2D eigenvalue weighted by Gasteiger charge is 2.15. The maximum absolute atomic E-state index is 10.8. The first-order valence-electron chi connectivity index (χ1n) is 2.56. The Kier molecular flexibility index (Phi) is 2.49. The van der Waals surface area contributed by atoms with Crippen molar-refractivity contribution in [1.82, 2.24) is 5.10 Å². The quantitative estimate of drug-likeness (QED) is 0.440. The van der Waals surface area contributed by atoms with E-state index >= 15 is 0 Å². The first kappa shape index (κ1) is 8.53. The molecule has 1 aromatic heterocycles. The smallest absolute Gasteiger partial charge is 0.276 e. The first-order valence-corrected chi connectivity index (χ1v) is 4.46. The van der Waals surface area contributed by atoms with E-state index in [9.17, 15) is 4.21 Å². The highest BCUT2D eigenvalue weighted by atomic mass is 32.2. The van der Waals surface area contributed by atoms with Gasteiger partial charge in [0.2, 0.25) is 11.1 Å². The molecule has 1 rings (SSSR count). The fourth-order valence-electron chi connectivity index (χ4n) is 0.456. The van der Waals surface area contributed by atoms with Crippen molar-refractivity contribution in [2.45, 2.75) is 4.34 Å². The van der Waals surface area contributed by atoms with Gasteiger partial charge >= 0.3 is 5.13 Å². The van der Waals surface area contributed by atoms with E-state index in [1.807, 2.05) is 0 Å². The number of nitrogen functional groups attached to an aromatic ring is 1. The molecule has 0 radical (unpaired) electrons. The lowest BCUT2D eigenvalue weighted by Crippen LogP contribution is -2.33. The van der Waals surface area contributed by atoms with Crippen LogP contribution in [-0.4, -0.2) is 9.31 Å². The third-order valence-corrected chi connectivity index (χ3v) is 2.90. The van der Waals surface area contributed by atoms with Gasteiger partial charge in [0.1, 0.15) is 7.05 Å². The summed E-state index contributed by atoms with van der Waals surface area (Å²) in [4.78, 5) is 0. The fraction of sp³-hybridized carbons (Fsp3) is 0.333. The van der Waals surface area contributed by atoms with Crippen molar-refractivity contribution < 1.29 is 13.2 Å². The van der Waals surface area contributed by atoms with Gasteiger partial charge in [0.25, 0.3) is 4.34 Å².